The minimum Gasteiger partial charge on any atom is -0.369 e. The van der Waals surface area contributed by atoms with Gasteiger partial charge < -0.3 is 16.5 Å². The Labute approximate surface area is 112 Å². The highest BCUT2D eigenvalue weighted by Gasteiger charge is 2.28. The summed E-state index contributed by atoms with van der Waals surface area (Å²) < 4.78 is 0. The standard InChI is InChI=1S/C12H20N6O/c1-12(2,11(13)19)6-15-8-5-9(18-14)17-10(16-8)7-3-4-7/h5,7H,3-4,6,14H2,1-2H3,(H2,13,19)(H2,15,16,17,18). The molecule has 0 spiro atoms. The lowest BCUT2D eigenvalue weighted by Crippen LogP contribution is -2.37. The van der Waals surface area contributed by atoms with Crippen LogP contribution in [0, 0.1) is 5.41 Å². The maximum Gasteiger partial charge on any atom is 0.224 e. The van der Waals surface area contributed by atoms with E-state index in [4.69, 9.17) is 11.6 Å². The number of carbonyl (C=O) groups is 1. The van der Waals surface area contributed by atoms with E-state index in [1.54, 1.807) is 19.9 Å². The van der Waals surface area contributed by atoms with Crippen LogP contribution in [0.3, 0.4) is 0 Å². The van der Waals surface area contributed by atoms with E-state index in [1.165, 1.54) is 0 Å². The lowest BCUT2D eigenvalue weighted by Gasteiger charge is -2.21. The average molecular weight is 264 g/mol. The van der Waals surface area contributed by atoms with E-state index >= 15 is 0 Å². The summed E-state index contributed by atoms with van der Waals surface area (Å²) in [5.74, 6) is 7.48. The normalized spacial score (nSPS) is 15.1. The van der Waals surface area contributed by atoms with E-state index < -0.39 is 5.41 Å². The molecule has 1 aromatic heterocycles. The fourth-order valence-electron chi connectivity index (χ4n) is 1.55. The zero-order valence-electron chi connectivity index (χ0n) is 11.2. The molecule has 1 aromatic rings. The predicted octanol–water partition coefficient (Wildman–Crippen LogP) is 0.563. The molecule has 0 bridgehead atoms. The molecule has 0 saturated heterocycles. The number of primary amides is 1. The summed E-state index contributed by atoms with van der Waals surface area (Å²) >= 11 is 0. The van der Waals surface area contributed by atoms with Crippen LogP contribution in [0.2, 0.25) is 0 Å². The van der Waals surface area contributed by atoms with Crippen LogP contribution in [0.15, 0.2) is 6.07 Å². The highest BCUT2D eigenvalue weighted by Crippen LogP contribution is 2.38. The quantitative estimate of drug-likeness (QED) is 0.440. The van der Waals surface area contributed by atoms with E-state index in [2.05, 4.69) is 20.7 Å². The van der Waals surface area contributed by atoms with Gasteiger partial charge in [0.1, 0.15) is 17.5 Å². The van der Waals surface area contributed by atoms with Crippen LogP contribution in [0.25, 0.3) is 0 Å². The number of nitrogens with zero attached hydrogens (tertiary/aromatic N) is 2. The maximum absolute atomic E-state index is 11.3. The van der Waals surface area contributed by atoms with Crippen LogP contribution in [0.4, 0.5) is 11.6 Å². The molecule has 1 fully saturated rings. The van der Waals surface area contributed by atoms with Crippen LogP contribution in [0.1, 0.15) is 38.4 Å². The second kappa shape index (κ2) is 5.00. The van der Waals surface area contributed by atoms with Gasteiger partial charge in [0, 0.05) is 18.5 Å². The molecule has 104 valence electrons. The molecule has 0 unspecified atom stereocenters. The number of anilines is 2. The van der Waals surface area contributed by atoms with Crippen LogP contribution < -0.4 is 22.3 Å². The Morgan fingerprint density at radius 2 is 2.05 bits per heavy atom. The number of rotatable bonds is 6. The minimum atomic E-state index is -0.638. The number of nitrogens with one attached hydrogen (secondary N) is 2. The number of hydrogen-bond acceptors (Lipinski definition) is 6. The summed E-state index contributed by atoms with van der Waals surface area (Å²) in [7, 11) is 0. The summed E-state index contributed by atoms with van der Waals surface area (Å²) in [6.45, 7) is 3.98. The second-order valence-corrected chi connectivity index (χ2v) is 5.52. The number of carbonyl (C=O) groups excluding carboxylic acids is 1. The summed E-state index contributed by atoms with van der Waals surface area (Å²) in [6, 6.07) is 1.71. The first kappa shape index (κ1) is 13.5. The van der Waals surface area contributed by atoms with Gasteiger partial charge in [-0.25, -0.2) is 15.8 Å². The van der Waals surface area contributed by atoms with Crippen molar-refractivity contribution in [2.24, 2.45) is 17.0 Å². The van der Waals surface area contributed by atoms with Crippen molar-refractivity contribution < 1.29 is 4.79 Å². The van der Waals surface area contributed by atoms with Crippen molar-refractivity contribution in [1.82, 2.24) is 9.97 Å². The zero-order valence-corrected chi connectivity index (χ0v) is 11.2. The fourth-order valence-corrected chi connectivity index (χ4v) is 1.55. The number of nitrogens with two attached hydrogens (primary N) is 2. The van der Waals surface area contributed by atoms with Gasteiger partial charge in [0.05, 0.1) is 5.41 Å². The Morgan fingerprint density at radius 3 is 2.58 bits per heavy atom. The van der Waals surface area contributed by atoms with Crippen LogP contribution in [0.5, 0.6) is 0 Å². The van der Waals surface area contributed by atoms with Gasteiger partial charge in [0.2, 0.25) is 5.91 Å². The molecule has 1 saturated carbocycles. The molecule has 1 aliphatic carbocycles. The third-order valence-corrected chi connectivity index (χ3v) is 3.21. The first-order valence-corrected chi connectivity index (χ1v) is 6.32. The van der Waals surface area contributed by atoms with Gasteiger partial charge in [-0.1, -0.05) is 0 Å². The number of amides is 1. The van der Waals surface area contributed by atoms with E-state index in [0.29, 0.717) is 24.1 Å². The van der Waals surface area contributed by atoms with Crippen LogP contribution >= 0.6 is 0 Å². The highest BCUT2D eigenvalue weighted by atomic mass is 16.1. The van der Waals surface area contributed by atoms with Crippen molar-refractivity contribution in [3.8, 4) is 0 Å². The summed E-state index contributed by atoms with van der Waals surface area (Å²) in [4.78, 5) is 20.0. The SMILES string of the molecule is CC(C)(CNc1cc(NN)nc(C2CC2)n1)C(N)=O. The van der Waals surface area contributed by atoms with Gasteiger partial charge in [0.15, 0.2) is 0 Å². The van der Waals surface area contributed by atoms with Gasteiger partial charge in [-0.05, 0) is 26.7 Å². The van der Waals surface area contributed by atoms with Gasteiger partial charge in [-0.2, -0.15) is 0 Å². The Balaban J connectivity index is 2.11. The largest absolute Gasteiger partial charge is 0.369 e. The maximum atomic E-state index is 11.3. The molecular weight excluding hydrogens is 244 g/mol. The third kappa shape index (κ3) is 3.31. The fraction of sp³-hybridized carbons (Fsp3) is 0.583. The van der Waals surface area contributed by atoms with Crippen molar-refractivity contribution in [1.29, 1.82) is 0 Å². The van der Waals surface area contributed by atoms with E-state index in [-0.39, 0.29) is 5.91 Å². The molecule has 1 aliphatic rings. The van der Waals surface area contributed by atoms with Crippen molar-refractivity contribution in [3.05, 3.63) is 11.9 Å². The number of hydrazine groups is 1. The molecule has 19 heavy (non-hydrogen) atoms. The Bertz CT molecular complexity index is 483. The molecule has 0 aliphatic heterocycles. The smallest absolute Gasteiger partial charge is 0.224 e. The minimum absolute atomic E-state index is 0.353. The van der Waals surface area contributed by atoms with Gasteiger partial charge in [-0.3, -0.25) is 4.79 Å². The first-order chi connectivity index (χ1) is 8.92. The number of aromatic nitrogens is 2. The van der Waals surface area contributed by atoms with Crippen molar-refractivity contribution in [2.75, 3.05) is 17.3 Å². The molecule has 0 atom stereocenters. The lowest BCUT2D eigenvalue weighted by molar-refractivity contribution is -0.125. The molecule has 0 radical (unpaired) electrons. The Kier molecular flexibility index (Phi) is 3.57. The zero-order chi connectivity index (χ0) is 14.0. The highest BCUT2D eigenvalue weighted by molar-refractivity contribution is 5.80. The first-order valence-electron chi connectivity index (χ1n) is 6.32. The molecule has 2 rings (SSSR count). The van der Waals surface area contributed by atoms with Gasteiger partial charge >= 0.3 is 0 Å². The monoisotopic (exact) mass is 264 g/mol. The number of hydrogen-bond donors (Lipinski definition) is 4. The second-order valence-electron chi connectivity index (χ2n) is 5.52. The molecule has 6 N–H and O–H groups in total. The lowest BCUT2D eigenvalue weighted by atomic mass is 9.93. The molecule has 1 amide bonds. The topological polar surface area (TPSA) is 119 Å². The Morgan fingerprint density at radius 1 is 1.42 bits per heavy atom. The van der Waals surface area contributed by atoms with E-state index in [9.17, 15) is 4.79 Å². The molecular formula is C12H20N6O. The molecule has 1 heterocycles. The summed E-state index contributed by atoms with van der Waals surface area (Å²) in [5, 5.41) is 3.12. The van der Waals surface area contributed by atoms with Crippen LogP contribution in [-0.4, -0.2) is 22.4 Å². The van der Waals surface area contributed by atoms with Crippen LogP contribution in [-0.2, 0) is 4.79 Å². The molecule has 7 heteroatoms. The average Bonchev–Trinajstić information content (AvgIpc) is 3.20. The molecule has 0 aromatic carbocycles. The summed E-state index contributed by atoms with van der Waals surface area (Å²) in [5.41, 5.74) is 7.22. The van der Waals surface area contributed by atoms with E-state index in [1.807, 2.05) is 0 Å². The third-order valence-electron chi connectivity index (χ3n) is 3.21. The van der Waals surface area contributed by atoms with Gasteiger partial charge in [0.25, 0.3) is 0 Å². The van der Waals surface area contributed by atoms with Crippen molar-refractivity contribution in [2.45, 2.75) is 32.6 Å². The van der Waals surface area contributed by atoms with E-state index in [0.717, 1.165) is 18.7 Å². The summed E-state index contributed by atoms with van der Waals surface area (Å²) in [6.07, 6.45) is 2.22. The predicted molar refractivity (Wildman–Crippen MR) is 73.3 cm³/mol. The van der Waals surface area contributed by atoms with Crippen molar-refractivity contribution >= 4 is 17.5 Å². The number of nitrogen functional groups attached to an aromatic ring is 1. The molecule has 7 nitrogen and oxygen atoms in total. The van der Waals surface area contributed by atoms with Gasteiger partial charge in [-0.15, -0.1) is 0 Å². The Hall–Kier alpha value is -1.89. The van der Waals surface area contributed by atoms with Crippen molar-refractivity contribution in [3.63, 3.8) is 0 Å².